The van der Waals surface area contributed by atoms with Gasteiger partial charge in [-0.15, -0.1) is 16.8 Å². The Labute approximate surface area is 176 Å². The van der Waals surface area contributed by atoms with Crippen LogP contribution in [0.5, 0.6) is 0 Å². The summed E-state index contributed by atoms with van der Waals surface area (Å²) in [6, 6.07) is 9.71. The van der Waals surface area contributed by atoms with Crippen molar-refractivity contribution >= 4 is 5.71 Å². The lowest BCUT2D eigenvalue weighted by Crippen LogP contribution is -2.21. The molecule has 0 unspecified atom stereocenters. The molecule has 31 heavy (non-hydrogen) atoms. The Morgan fingerprint density at radius 2 is 1.84 bits per heavy atom. The summed E-state index contributed by atoms with van der Waals surface area (Å²) in [5.74, 6) is 0.0143. The molecule has 0 atom stereocenters. The number of halogens is 4. The van der Waals surface area contributed by atoms with Gasteiger partial charge >= 0.3 is 6.18 Å². The Balaban J connectivity index is 1.92. The summed E-state index contributed by atoms with van der Waals surface area (Å²) in [6.07, 6.45) is -2.19. The van der Waals surface area contributed by atoms with E-state index in [1.807, 2.05) is 0 Å². The predicted octanol–water partition coefficient (Wildman–Crippen LogP) is 4.44. The molecule has 0 radical (unpaired) electrons. The average molecular weight is 429 g/mol. The SMILES string of the molecule is C=CCCNCc1nnc2n1-c1c(cccc1C(F)(F)F)C(c1ccccc1F)=NC2. The summed E-state index contributed by atoms with van der Waals surface area (Å²) in [4.78, 5) is 4.44. The van der Waals surface area contributed by atoms with Crippen molar-refractivity contribution in [1.29, 1.82) is 0 Å². The van der Waals surface area contributed by atoms with E-state index in [0.717, 1.165) is 6.07 Å². The van der Waals surface area contributed by atoms with Crippen molar-refractivity contribution in [2.24, 2.45) is 4.99 Å². The van der Waals surface area contributed by atoms with Gasteiger partial charge in [0.15, 0.2) is 11.6 Å². The number of benzene rings is 2. The molecule has 3 aromatic rings. The number of alkyl halides is 3. The molecule has 0 aliphatic carbocycles. The van der Waals surface area contributed by atoms with Gasteiger partial charge in [0.1, 0.15) is 12.4 Å². The minimum Gasteiger partial charge on any atom is -0.310 e. The molecule has 0 saturated carbocycles. The highest BCUT2D eigenvalue weighted by Crippen LogP contribution is 2.38. The number of fused-ring (bicyclic) bond motifs is 3. The Kier molecular flexibility index (Phi) is 5.69. The first-order chi connectivity index (χ1) is 14.9. The normalized spacial score (nSPS) is 13.2. The van der Waals surface area contributed by atoms with E-state index in [1.165, 1.54) is 34.9 Å². The van der Waals surface area contributed by atoms with E-state index in [-0.39, 0.29) is 41.4 Å². The second kappa shape index (κ2) is 8.43. The molecule has 0 saturated heterocycles. The molecule has 0 amide bonds. The van der Waals surface area contributed by atoms with Gasteiger partial charge in [-0.05, 0) is 31.2 Å². The van der Waals surface area contributed by atoms with Crippen molar-refractivity contribution in [3.05, 3.63) is 89.3 Å². The fraction of sp³-hybridized carbons (Fsp3) is 0.227. The van der Waals surface area contributed by atoms with E-state index in [9.17, 15) is 17.6 Å². The van der Waals surface area contributed by atoms with Crippen LogP contribution in [-0.4, -0.2) is 27.0 Å². The highest BCUT2D eigenvalue weighted by molar-refractivity contribution is 6.15. The molecule has 2 heterocycles. The molecule has 160 valence electrons. The van der Waals surface area contributed by atoms with Crippen molar-refractivity contribution < 1.29 is 17.6 Å². The maximum Gasteiger partial charge on any atom is 0.418 e. The van der Waals surface area contributed by atoms with Crippen LogP contribution in [0, 0.1) is 5.82 Å². The standard InChI is InChI=1S/C22H19F4N5/c1-2-3-11-27-12-18-29-30-19-13-28-20(14-7-4-5-10-17(14)23)15-8-6-9-16(22(24,25)26)21(15)31(18)19/h2,4-10,27H,1,3,11-13H2. The Bertz CT molecular complexity index is 1150. The maximum absolute atomic E-state index is 14.6. The van der Waals surface area contributed by atoms with Crippen LogP contribution >= 0.6 is 0 Å². The van der Waals surface area contributed by atoms with E-state index < -0.39 is 17.6 Å². The van der Waals surface area contributed by atoms with Gasteiger partial charge in [-0.3, -0.25) is 9.56 Å². The van der Waals surface area contributed by atoms with Gasteiger partial charge in [0.2, 0.25) is 0 Å². The molecule has 2 aromatic carbocycles. The van der Waals surface area contributed by atoms with Crippen LogP contribution in [-0.2, 0) is 19.3 Å². The minimum atomic E-state index is -4.63. The van der Waals surface area contributed by atoms with Crippen LogP contribution in [0.3, 0.4) is 0 Å². The number of para-hydroxylation sites is 1. The Morgan fingerprint density at radius 3 is 2.58 bits per heavy atom. The van der Waals surface area contributed by atoms with Gasteiger partial charge in [0, 0.05) is 11.1 Å². The lowest BCUT2D eigenvalue weighted by atomic mass is 9.97. The quantitative estimate of drug-likeness (QED) is 0.358. The zero-order valence-electron chi connectivity index (χ0n) is 16.5. The molecule has 0 spiro atoms. The lowest BCUT2D eigenvalue weighted by molar-refractivity contribution is -0.137. The fourth-order valence-corrected chi connectivity index (χ4v) is 3.56. The first-order valence-electron chi connectivity index (χ1n) is 9.67. The summed E-state index contributed by atoms with van der Waals surface area (Å²) in [6.45, 7) is 4.42. The third-order valence-electron chi connectivity index (χ3n) is 4.93. The number of hydrogen-bond donors (Lipinski definition) is 1. The topological polar surface area (TPSA) is 55.1 Å². The van der Waals surface area contributed by atoms with E-state index in [4.69, 9.17) is 0 Å². The maximum atomic E-state index is 14.6. The monoisotopic (exact) mass is 429 g/mol. The number of aromatic nitrogens is 3. The van der Waals surface area contributed by atoms with Crippen LogP contribution < -0.4 is 5.32 Å². The molecule has 1 aromatic heterocycles. The first kappa shape index (κ1) is 20.9. The number of rotatable bonds is 6. The van der Waals surface area contributed by atoms with Crippen LogP contribution in [0.15, 0.2) is 60.1 Å². The van der Waals surface area contributed by atoms with Crippen molar-refractivity contribution in [1.82, 2.24) is 20.1 Å². The fourth-order valence-electron chi connectivity index (χ4n) is 3.56. The Morgan fingerprint density at radius 1 is 1.06 bits per heavy atom. The number of hydrogen-bond acceptors (Lipinski definition) is 4. The molecule has 0 fully saturated rings. The smallest absolute Gasteiger partial charge is 0.310 e. The number of nitrogens with zero attached hydrogens (tertiary/aromatic N) is 4. The average Bonchev–Trinajstić information content (AvgIpc) is 3.06. The Hall–Kier alpha value is -3.33. The molecule has 1 N–H and O–H groups in total. The minimum absolute atomic E-state index is 0.0324. The van der Waals surface area contributed by atoms with Crippen molar-refractivity contribution in [2.75, 3.05) is 6.54 Å². The van der Waals surface area contributed by atoms with Crippen molar-refractivity contribution in [3.8, 4) is 5.69 Å². The van der Waals surface area contributed by atoms with Crippen LogP contribution in [0.1, 0.15) is 34.8 Å². The molecular weight excluding hydrogens is 410 g/mol. The summed E-state index contributed by atoms with van der Waals surface area (Å²) in [7, 11) is 0. The molecule has 9 heteroatoms. The van der Waals surface area contributed by atoms with Gasteiger partial charge in [-0.25, -0.2) is 4.39 Å². The van der Waals surface area contributed by atoms with Crippen LogP contribution in [0.4, 0.5) is 17.6 Å². The third kappa shape index (κ3) is 4.00. The van der Waals surface area contributed by atoms with E-state index in [0.29, 0.717) is 18.8 Å². The van der Waals surface area contributed by atoms with Crippen LogP contribution in [0.25, 0.3) is 5.69 Å². The summed E-state index contributed by atoms with van der Waals surface area (Å²) >= 11 is 0. The van der Waals surface area contributed by atoms with Gasteiger partial charge in [0.25, 0.3) is 0 Å². The molecule has 1 aliphatic heterocycles. The van der Waals surface area contributed by atoms with Gasteiger partial charge in [-0.1, -0.05) is 30.3 Å². The van der Waals surface area contributed by atoms with Gasteiger partial charge < -0.3 is 5.32 Å². The van der Waals surface area contributed by atoms with Gasteiger partial charge in [0.05, 0.1) is 23.5 Å². The summed E-state index contributed by atoms with van der Waals surface area (Å²) < 4.78 is 58.0. The van der Waals surface area contributed by atoms with Crippen LogP contribution in [0.2, 0.25) is 0 Å². The zero-order chi connectivity index (χ0) is 22.0. The summed E-state index contributed by atoms with van der Waals surface area (Å²) in [5.41, 5.74) is -0.548. The second-order valence-electron chi connectivity index (χ2n) is 6.97. The van der Waals surface area contributed by atoms with E-state index >= 15 is 0 Å². The highest BCUT2D eigenvalue weighted by Gasteiger charge is 2.38. The molecule has 5 nitrogen and oxygen atoms in total. The molecule has 4 rings (SSSR count). The predicted molar refractivity (Wildman–Crippen MR) is 109 cm³/mol. The highest BCUT2D eigenvalue weighted by atomic mass is 19.4. The first-order valence-corrected chi connectivity index (χ1v) is 9.67. The summed E-state index contributed by atoms with van der Waals surface area (Å²) in [5, 5.41) is 11.3. The van der Waals surface area contributed by atoms with Crippen molar-refractivity contribution in [2.45, 2.75) is 25.7 Å². The molecule has 1 aliphatic rings. The van der Waals surface area contributed by atoms with E-state index in [1.54, 1.807) is 12.1 Å². The van der Waals surface area contributed by atoms with Gasteiger partial charge in [-0.2, -0.15) is 13.2 Å². The molecule has 0 bridgehead atoms. The molecular formula is C22H19F4N5. The second-order valence-corrected chi connectivity index (χ2v) is 6.97. The van der Waals surface area contributed by atoms with Crippen molar-refractivity contribution in [3.63, 3.8) is 0 Å². The zero-order valence-corrected chi connectivity index (χ0v) is 16.5. The lowest BCUT2D eigenvalue weighted by Gasteiger charge is -2.19. The largest absolute Gasteiger partial charge is 0.418 e. The van der Waals surface area contributed by atoms with E-state index in [2.05, 4.69) is 27.1 Å². The number of aliphatic imine (C=N–C) groups is 1. The number of nitrogens with one attached hydrogen (secondary N) is 1. The third-order valence-corrected chi connectivity index (χ3v) is 4.93.